The molecule has 4 nitrogen and oxygen atoms in total. The fourth-order valence-electron chi connectivity index (χ4n) is 1.91. The van der Waals surface area contributed by atoms with E-state index in [0.717, 1.165) is 25.9 Å². The summed E-state index contributed by atoms with van der Waals surface area (Å²) in [6.45, 7) is 8.17. The van der Waals surface area contributed by atoms with Crippen molar-refractivity contribution in [2.24, 2.45) is 17.2 Å². The van der Waals surface area contributed by atoms with Crippen LogP contribution in [0.5, 0.6) is 0 Å². The number of carbonyl (C=O) groups excluding carboxylic acids is 1. The van der Waals surface area contributed by atoms with Gasteiger partial charge in [-0.25, -0.2) is 5.90 Å². The molecule has 0 aromatic heterocycles. The van der Waals surface area contributed by atoms with Crippen molar-refractivity contribution in [2.45, 2.75) is 33.6 Å². The molecule has 0 radical (unpaired) electrons. The zero-order valence-corrected chi connectivity index (χ0v) is 9.95. The molecule has 1 aliphatic rings. The summed E-state index contributed by atoms with van der Waals surface area (Å²) in [4.78, 5) is 18.5. The van der Waals surface area contributed by atoms with Gasteiger partial charge in [-0.1, -0.05) is 20.8 Å². The number of hydrogen-bond acceptors (Lipinski definition) is 3. The van der Waals surface area contributed by atoms with Gasteiger partial charge in [0.05, 0.1) is 6.61 Å². The Balaban J connectivity index is 2.41. The SMILES string of the molecule is CC(C)(C)C(=O)N1CCC(CON)CC1. The van der Waals surface area contributed by atoms with Crippen LogP contribution in [0.15, 0.2) is 0 Å². The van der Waals surface area contributed by atoms with Gasteiger partial charge in [0.25, 0.3) is 0 Å². The molecule has 1 aliphatic heterocycles. The van der Waals surface area contributed by atoms with Crippen LogP contribution < -0.4 is 5.90 Å². The van der Waals surface area contributed by atoms with Crippen molar-refractivity contribution >= 4 is 5.91 Å². The fourth-order valence-corrected chi connectivity index (χ4v) is 1.91. The van der Waals surface area contributed by atoms with Crippen molar-refractivity contribution in [1.29, 1.82) is 0 Å². The lowest BCUT2D eigenvalue weighted by molar-refractivity contribution is -0.141. The molecule has 0 spiro atoms. The molecule has 2 N–H and O–H groups in total. The molecule has 1 saturated heterocycles. The normalized spacial score (nSPS) is 19.3. The van der Waals surface area contributed by atoms with E-state index in [9.17, 15) is 4.79 Å². The first-order valence-electron chi connectivity index (χ1n) is 5.56. The van der Waals surface area contributed by atoms with Crippen LogP contribution in [0.25, 0.3) is 0 Å². The van der Waals surface area contributed by atoms with E-state index in [1.807, 2.05) is 25.7 Å². The molecule has 4 heteroatoms. The van der Waals surface area contributed by atoms with Crippen molar-refractivity contribution in [2.75, 3.05) is 19.7 Å². The third kappa shape index (κ3) is 3.47. The summed E-state index contributed by atoms with van der Waals surface area (Å²) >= 11 is 0. The highest BCUT2D eigenvalue weighted by Gasteiger charge is 2.30. The zero-order valence-electron chi connectivity index (χ0n) is 9.95. The summed E-state index contributed by atoms with van der Waals surface area (Å²) in [6.07, 6.45) is 2.00. The van der Waals surface area contributed by atoms with Gasteiger partial charge in [-0.2, -0.15) is 0 Å². The maximum atomic E-state index is 12.0. The molecule has 1 fully saturated rings. The summed E-state index contributed by atoms with van der Waals surface area (Å²) in [5.74, 6) is 5.80. The molecule has 0 saturated carbocycles. The second kappa shape index (κ2) is 4.94. The third-order valence-corrected chi connectivity index (χ3v) is 2.88. The minimum absolute atomic E-state index is 0.245. The number of carbonyl (C=O) groups is 1. The van der Waals surface area contributed by atoms with Crippen LogP contribution in [0.4, 0.5) is 0 Å². The van der Waals surface area contributed by atoms with Crippen molar-refractivity contribution in [3.8, 4) is 0 Å². The maximum Gasteiger partial charge on any atom is 0.227 e. The largest absolute Gasteiger partial charge is 0.342 e. The predicted molar refractivity (Wildman–Crippen MR) is 58.9 cm³/mol. The number of rotatable bonds is 2. The summed E-state index contributed by atoms with van der Waals surface area (Å²) in [5, 5.41) is 0. The van der Waals surface area contributed by atoms with Crippen LogP contribution in [0.3, 0.4) is 0 Å². The molecule has 0 aromatic carbocycles. The first-order chi connectivity index (χ1) is 6.95. The smallest absolute Gasteiger partial charge is 0.227 e. The molecular weight excluding hydrogens is 192 g/mol. The summed E-state index contributed by atoms with van der Waals surface area (Å²) in [6, 6.07) is 0. The Morgan fingerprint density at radius 1 is 1.40 bits per heavy atom. The van der Waals surface area contributed by atoms with E-state index in [-0.39, 0.29) is 11.3 Å². The molecule has 0 atom stereocenters. The van der Waals surface area contributed by atoms with E-state index in [4.69, 9.17) is 5.90 Å². The Bertz CT molecular complexity index is 215. The van der Waals surface area contributed by atoms with Gasteiger partial charge in [0.2, 0.25) is 5.91 Å². The number of hydrogen-bond donors (Lipinski definition) is 1. The van der Waals surface area contributed by atoms with Crippen LogP contribution in [-0.4, -0.2) is 30.5 Å². The topological polar surface area (TPSA) is 55.6 Å². The Morgan fingerprint density at radius 3 is 2.33 bits per heavy atom. The van der Waals surface area contributed by atoms with Crippen LogP contribution in [0, 0.1) is 11.3 Å². The molecular formula is C11H22N2O2. The molecule has 1 heterocycles. The monoisotopic (exact) mass is 214 g/mol. The molecule has 1 rings (SSSR count). The Hall–Kier alpha value is -0.610. The third-order valence-electron chi connectivity index (χ3n) is 2.88. The minimum atomic E-state index is -0.267. The molecule has 1 amide bonds. The lowest BCUT2D eigenvalue weighted by atomic mass is 9.91. The van der Waals surface area contributed by atoms with E-state index in [2.05, 4.69) is 4.84 Å². The van der Waals surface area contributed by atoms with Gasteiger partial charge in [0.15, 0.2) is 0 Å². The van der Waals surface area contributed by atoms with Gasteiger partial charge < -0.3 is 9.74 Å². The van der Waals surface area contributed by atoms with E-state index in [1.165, 1.54) is 0 Å². The van der Waals surface area contributed by atoms with Gasteiger partial charge in [-0.3, -0.25) is 4.79 Å². The highest BCUT2D eigenvalue weighted by atomic mass is 16.6. The van der Waals surface area contributed by atoms with E-state index >= 15 is 0 Å². The van der Waals surface area contributed by atoms with Crippen LogP contribution in [0.2, 0.25) is 0 Å². The summed E-state index contributed by atoms with van der Waals surface area (Å²) in [7, 11) is 0. The Labute approximate surface area is 91.7 Å². The van der Waals surface area contributed by atoms with Gasteiger partial charge in [0.1, 0.15) is 0 Å². The molecule has 0 aromatic rings. The molecule has 0 aliphatic carbocycles. The number of likely N-dealkylation sites (tertiary alicyclic amines) is 1. The number of nitrogens with two attached hydrogens (primary N) is 1. The molecule has 88 valence electrons. The van der Waals surface area contributed by atoms with Crippen molar-refractivity contribution in [1.82, 2.24) is 4.90 Å². The fraction of sp³-hybridized carbons (Fsp3) is 0.909. The average Bonchev–Trinajstić information content (AvgIpc) is 2.17. The van der Waals surface area contributed by atoms with Crippen LogP contribution in [-0.2, 0) is 9.63 Å². The number of amides is 1. The maximum absolute atomic E-state index is 12.0. The van der Waals surface area contributed by atoms with Gasteiger partial charge >= 0.3 is 0 Å². The van der Waals surface area contributed by atoms with Crippen LogP contribution >= 0.6 is 0 Å². The highest BCUT2D eigenvalue weighted by molar-refractivity contribution is 5.81. The highest BCUT2D eigenvalue weighted by Crippen LogP contribution is 2.23. The lowest BCUT2D eigenvalue weighted by Gasteiger charge is -2.35. The van der Waals surface area contributed by atoms with E-state index < -0.39 is 0 Å². The van der Waals surface area contributed by atoms with E-state index in [0.29, 0.717) is 12.5 Å². The predicted octanol–water partition coefficient (Wildman–Crippen LogP) is 1.16. The second-order valence-corrected chi connectivity index (χ2v) is 5.32. The van der Waals surface area contributed by atoms with Gasteiger partial charge in [-0.05, 0) is 18.8 Å². The lowest BCUT2D eigenvalue weighted by Crippen LogP contribution is -2.44. The van der Waals surface area contributed by atoms with Gasteiger partial charge in [-0.15, -0.1) is 0 Å². The van der Waals surface area contributed by atoms with Crippen molar-refractivity contribution < 1.29 is 9.63 Å². The van der Waals surface area contributed by atoms with Crippen molar-refractivity contribution in [3.05, 3.63) is 0 Å². The average molecular weight is 214 g/mol. The molecule has 15 heavy (non-hydrogen) atoms. The molecule has 0 unspecified atom stereocenters. The number of piperidine rings is 1. The minimum Gasteiger partial charge on any atom is -0.342 e. The standard InChI is InChI=1S/C11H22N2O2/c1-11(2,3)10(14)13-6-4-9(5-7-13)8-15-12/h9H,4-8,12H2,1-3H3. The first kappa shape index (κ1) is 12.5. The quantitative estimate of drug-likeness (QED) is 0.702. The van der Waals surface area contributed by atoms with Gasteiger partial charge in [0, 0.05) is 18.5 Å². The second-order valence-electron chi connectivity index (χ2n) is 5.32. The molecule has 0 bridgehead atoms. The number of nitrogens with zero attached hydrogens (tertiary/aromatic N) is 1. The first-order valence-corrected chi connectivity index (χ1v) is 5.56. The summed E-state index contributed by atoms with van der Waals surface area (Å²) < 4.78 is 0. The Morgan fingerprint density at radius 2 is 1.93 bits per heavy atom. The Kier molecular flexibility index (Phi) is 4.11. The van der Waals surface area contributed by atoms with Crippen molar-refractivity contribution in [3.63, 3.8) is 0 Å². The van der Waals surface area contributed by atoms with Crippen LogP contribution in [0.1, 0.15) is 33.6 Å². The summed E-state index contributed by atoms with van der Waals surface area (Å²) in [5.41, 5.74) is -0.267. The zero-order chi connectivity index (χ0) is 11.5. The van der Waals surface area contributed by atoms with E-state index in [1.54, 1.807) is 0 Å².